The number of carboxylic acids is 2. The zero-order valence-corrected chi connectivity index (χ0v) is 47.2. The van der Waals surface area contributed by atoms with Gasteiger partial charge in [-0.15, -0.1) is 0 Å². The Morgan fingerprint density at radius 3 is 1.23 bits per heavy atom. The second-order valence-corrected chi connectivity index (χ2v) is 21.5. The SMILES string of the molecule is CC(C)C[C@H](NC(=O)[C@H](Cc1ccccc1)NC(=O)[C@H](CC(C)C)NC(=O)[C@H](CC(C)C)NC(=O)[C@H](CC(C)C)NC(=O)[C@@H](N)CO)C(=O)N[C@@H](CS)C(=O)N[C@@H](Cc1cnc[nH]1)C(=O)N[C@@H](CC(=O)O)C(=O)N[C@@H](C)C(=O)O. The van der Waals surface area contributed by atoms with Crippen LogP contribution < -0.4 is 53.6 Å². The van der Waals surface area contributed by atoms with Gasteiger partial charge in [0.05, 0.1) is 19.4 Å². The van der Waals surface area contributed by atoms with Crippen LogP contribution in [-0.4, -0.2) is 163 Å². The molecule has 79 heavy (non-hydrogen) atoms. The fraction of sp³-hybridized carbons (Fsp3) is 0.615. The predicted octanol–water partition coefficient (Wildman–Crippen LogP) is -1.43. The lowest BCUT2D eigenvalue weighted by Gasteiger charge is -2.29. The molecule has 0 spiro atoms. The highest BCUT2D eigenvalue weighted by molar-refractivity contribution is 7.80. The van der Waals surface area contributed by atoms with Gasteiger partial charge in [0.25, 0.3) is 0 Å². The number of amides is 9. The number of nitrogens with two attached hydrogens (primary N) is 1. The quantitative estimate of drug-likeness (QED) is 0.0352. The van der Waals surface area contributed by atoms with Crippen LogP contribution in [0.1, 0.15) is 106 Å². The molecule has 0 aliphatic heterocycles. The maximum atomic E-state index is 14.5. The third kappa shape index (κ3) is 25.0. The highest BCUT2D eigenvalue weighted by Gasteiger charge is 2.36. The smallest absolute Gasteiger partial charge is 0.325 e. The number of aliphatic hydroxyl groups is 1. The van der Waals surface area contributed by atoms with Gasteiger partial charge in [0.2, 0.25) is 53.2 Å². The molecule has 0 saturated heterocycles. The second-order valence-electron chi connectivity index (χ2n) is 21.1. The number of aliphatic hydroxyl groups excluding tert-OH is 1. The molecule has 0 fully saturated rings. The van der Waals surface area contributed by atoms with E-state index in [1.807, 2.05) is 41.5 Å². The molecule has 0 bridgehead atoms. The Labute approximate surface area is 465 Å². The van der Waals surface area contributed by atoms with Crippen molar-refractivity contribution in [2.45, 2.75) is 168 Å². The van der Waals surface area contributed by atoms with Crippen molar-refractivity contribution in [3.8, 4) is 0 Å². The van der Waals surface area contributed by atoms with E-state index in [9.17, 15) is 68.1 Å². The van der Waals surface area contributed by atoms with Gasteiger partial charge in [-0.1, -0.05) is 85.7 Å². The predicted molar refractivity (Wildman–Crippen MR) is 292 cm³/mol. The monoisotopic (exact) mass is 1130 g/mol. The van der Waals surface area contributed by atoms with Crippen LogP contribution in [0, 0.1) is 23.7 Å². The Kier molecular flexibility index (Phi) is 29.3. The summed E-state index contributed by atoms with van der Waals surface area (Å²) in [6.45, 7) is 15.0. The molecule has 27 heteroatoms. The molecule has 0 saturated carbocycles. The zero-order chi connectivity index (χ0) is 59.7. The molecule has 26 nitrogen and oxygen atoms in total. The molecule has 1 aromatic carbocycles. The van der Waals surface area contributed by atoms with Crippen LogP contribution in [0.5, 0.6) is 0 Å². The normalized spacial score (nSPS) is 15.1. The Balaban J connectivity index is 2.45. The van der Waals surface area contributed by atoms with Crippen molar-refractivity contribution in [2.75, 3.05) is 12.4 Å². The van der Waals surface area contributed by atoms with Crippen molar-refractivity contribution in [2.24, 2.45) is 29.4 Å². The summed E-state index contributed by atoms with van der Waals surface area (Å²) in [7, 11) is 0. The third-order valence-corrected chi connectivity index (χ3v) is 12.3. The van der Waals surface area contributed by atoms with Gasteiger partial charge in [0.15, 0.2) is 0 Å². The number of carbonyl (C=O) groups is 11. The van der Waals surface area contributed by atoms with Gasteiger partial charge < -0.3 is 73.9 Å². The van der Waals surface area contributed by atoms with Gasteiger partial charge in [-0.3, -0.25) is 52.7 Å². The van der Waals surface area contributed by atoms with E-state index >= 15 is 0 Å². The number of thiol groups is 1. The van der Waals surface area contributed by atoms with Gasteiger partial charge in [-0.25, -0.2) is 4.98 Å². The molecule has 0 aliphatic rings. The van der Waals surface area contributed by atoms with E-state index in [2.05, 4.69) is 70.4 Å². The fourth-order valence-electron chi connectivity index (χ4n) is 7.92. The van der Waals surface area contributed by atoms with E-state index in [0.717, 1.165) is 6.92 Å². The summed E-state index contributed by atoms with van der Waals surface area (Å²) >= 11 is 4.28. The van der Waals surface area contributed by atoms with Crippen LogP contribution in [-0.2, 0) is 65.6 Å². The average Bonchev–Trinajstić information content (AvgIpc) is 3.88. The van der Waals surface area contributed by atoms with Crippen LogP contribution >= 0.6 is 12.6 Å². The summed E-state index contributed by atoms with van der Waals surface area (Å²) in [5.74, 6) is -11.6. The minimum absolute atomic E-state index is 0.0216. The molecule has 0 unspecified atom stereocenters. The van der Waals surface area contributed by atoms with E-state index < -0.39 is 139 Å². The summed E-state index contributed by atoms with van der Waals surface area (Å²) < 4.78 is 0. The van der Waals surface area contributed by atoms with E-state index in [1.165, 1.54) is 12.5 Å². The molecule has 0 aliphatic carbocycles. The first-order chi connectivity index (χ1) is 37.0. The topological polar surface area (TPSA) is 411 Å². The first-order valence-electron chi connectivity index (χ1n) is 26.2. The summed E-state index contributed by atoms with van der Waals surface area (Å²) in [5.41, 5.74) is 6.63. The van der Waals surface area contributed by atoms with E-state index in [1.54, 1.807) is 44.2 Å². The highest BCUT2D eigenvalue weighted by atomic mass is 32.1. The number of nitrogens with zero attached hydrogens (tertiary/aromatic N) is 1. The zero-order valence-electron chi connectivity index (χ0n) is 46.3. The average molecular weight is 1130 g/mol. The second kappa shape index (κ2) is 34.0. The first kappa shape index (κ1) is 68.0. The minimum Gasteiger partial charge on any atom is -0.481 e. The van der Waals surface area contributed by atoms with Crippen LogP contribution in [0.4, 0.5) is 0 Å². The minimum atomic E-state index is -1.78. The van der Waals surface area contributed by atoms with Crippen molar-refractivity contribution in [1.29, 1.82) is 0 Å². The van der Waals surface area contributed by atoms with Crippen molar-refractivity contribution >= 4 is 77.7 Å². The number of carboxylic acid groups (broad SMARTS) is 2. The van der Waals surface area contributed by atoms with E-state index in [-0.39, 0.29) is 67.9 Å². The lowest BCUT2D eigenvalue weighted by Crippen LogP contribution is -2.61. The maximum absolute atomic E-state index is 14.5. The summed E-state index contributed by atoms with van der Waals surface area (Å²) in [5, 5.41) is 51.1. The van der Waals surface area contributed by atoms with Gasteiger partial charge in [-0.2, -0.15) is 12.6 Å². The largest absolute Gasteiger partial charge is 0.481 e. The highest BCUT2D eigenvalue weighted by Crippen LogP contribution is 2.14. The Bertz CT molecular complexity index is 2360. The number of benzene rings is 1. The first-order valence-corrected chi connectivity index (χ1v) is 26.8. The standard InChI is InChI=1S/C52H82N12O14S/c1-26(2)15-34(57-43(68)33(53)23-65)45(70)58-35(16-27(3)4)46(71)59-36(17-28(5)6)47(72)61-38(19-31-13-11-10-12-14-31)49(74)60-37(18-29(7)8)48(73)64-41(24-79)51(76)62-39(20-32-22-54-25-55-32)50(75)63-40(21-42(66)67)44(69)56-30(9)52(77)78/h10-14,22,25-30,33-41,65,79H,15-21,23-24,53H2,1-9H3,(H,54,55)(H,56,69)(H,57,68)(H,58,70)(H,59,71)(H,60,74)(H,61,72)(H,62,76)(H,63,75)(H,64,73)(H,66,67)(H,77,78)/t30-,33-,34-,35-,36-,37-,38-,39-,40-,41-/m0/s1. The lowest BCUT2D eigenvalue weighted by molar-refractivity contribution is -0.143. The van der Waals surface area contributed by atoms with Crippen molar-refractivity contribution < 1.29 is 68.1 Å². The molecule has 10 atom stereocenters. The molecule has 1 aromatic heterocycles. The Hall–Kier alpha value is -7.13. The molecule has 15 N–H and O–H groups in total. The molecule has 0 radical (unpaired) electrons. The summed E-state index contributed by atoms with van der Waals surface area (Å²) in [6.07, 6.45) is 1.74. The molecule has 1 heterocycles. The number of rotatable bonds is 35. The Morgan fingerprint density at radius 1 is 0.506 bits per heavy atom. The van der Waals surface area contributed by atoms with Gasteiger partial charge in [0.1, 0.15) is 60.4 Å². The fourth-order valence-corrected chi connectivity index (χ4v) is 8.17. The Morgan fingerprint density at radius 2 is 0.861 bits per heavy atom. The van der Waals surface area contributed by atoms with E-state index in [4.69, 9.17) is 5.73 Å². The number of aromatic nitrogens is 2. The van der Waals surface area contributed by atoms with Crippen LogP contribution in [0.2, 0.25) is 0 Å². The van der Waals surface area contributed by atoms with Crippen LogP contribution in [0.3, 0.4) is 0 Å². The molecule has 2 rings (SSSR count). The van der Waals surface area contributed by atoms with Crippen molar-refractivity contribution in [1.82, 2.24) is 57.8 Å². The number of imidazole rings is 1. The molecular formula is C52H82N12O14S. The van der Waals surface area contributed by atoms with Gasteiger partial charge in [0, 0.05) is 30.5 Å². The number of nitrogens with one attached hydrogen (secondary N) is 10. The number of hydrogen-bond acceptors (Lipinski definition) is 15. The molecule has 440 valence electrons. The number of carbonyl (C=O) groups excluding carboxylic acids is 9. The van der Waals surface area contributed by atoms with E-state index in [0.29, 0.717) is 11.3 Å². The molecule has 2 aromatic rings. The number of hydrogen-bond donors (Lipinski definition) is 15. The van der Waals surface area contributed by atoms with Gasteiger partial charge >= 0.3 is 11.9 Å². The van der Waals surface area contributed by atoms with Gasteiger partial charge in [-0.05, 0) is 61.8 Å². The van der Waals surface area contributed by atoms with Crippen molar-refractivity contribution in [3.63, 3.8) is 0 Å². The van der Waals surface area contributed by atoms with Crippen LogP contribution in [0.15, 0.2) is 42.9 Å². The number of H-pyrrole nitrogens is 1. The van der Waals surface area contributed by atoms with Crippen molar-refractivity contribution in [3.05, 3.63) is 54.1 Å². The molecular weight excluding hydrogens is 1050 g/mol. The third-order valence-electron chi connectivity index (χ3n) is 12.0. The summed E-state index contributed by atoms with van der Waals surface area (Å²) in [6, 6.07) is -5.10. The number of aromatic amines is 1. The lowest BCUT2D eigenvalue weighted by atomic mass is 9.98. The van der Waals surface area contributed by atoms with Crippen LogP contribution in [0.25, 0.3) is 0 Å². The number of aliphatic carboxylic acids is 2. The molecule has 9 amide bonds. The maximum Gasteiger partial charge on any atom is 0.325 e. The summed E-state index contributed by atoms with van der Waals surface area (Å²) in [4.78, 5) is 154.